The summed E-state index contributed by atoms with van der Waals surface area (Å²) in [4.78, 5) is 8.71. The predicted octanol–water partition coefficient (Wildman–Crippen LogP) is 4.01. The van der Waals surface area contributed by atoms with Crippen molar-refractivity contribution in [3.05, 3.63) is 51.2 Å². The molecule has 6 nitrogen and oxygen atoms in total. The lowest BCUT2D eigenvalue weighted by Crippen LogP contribution is -2.48. The first-order valence-corrected chi connectivity index (χ1v) is 10.1. The number of oxazole rings is 1. The van der Waals surface area contributed by atoms with E-state index in [1.807, 2.05) is 26.0 Å². The Hall–Kier alpha value is -1.76. The van der Waals surface area contributed by atoms with Crippen molar-refractivity contribution >= 4 is 29.2 Å². The molecular weight excluding hydrogens is 399 g/mol. The van der Waals surface area contributed by atoms with E-state index in [-0.39, 0.29) is 5.41 Å². The highest BCUT2D eigenvalue weighted by atomic mass is 35.5. The van der Waals surface area contributed by atoms with Crippen molar-refractivity contribution in [3.63, 3.8) is 0 Å². The van der Waals surface area contributed by atoms with Crippen LogP contribution in [0.15, 0.2) is 27.6 Å². The minimum Gasteiger partial charge on any atom is -0.444 e. The van der Waals surface area contributed by atoms with E-state index in [2.05, 4.69) is 20.6 Å². The summed E-state index contributed by atoms with van der Waals surface area (Å²) < 4.78 is 11.2. The van der Waals surface area contributed by atoms with Crippen molar-refractivity contribution < 1.29 is 9.15 Å². The third-order valence-corrected chi connectivity index (χ3v) is 5.80. The molecule has 0 saturated carbocycles. The number of ether oxygens (including phenoxy) is 1. The van der Waals surface area contributed by atoms with Gasteiger partial charge in [0.15, 0.2) is 5.96 Å². The fraction of sp³-hybridized carbons (Fsp3) is 0.500. The normalized spacial score (nSPS) is 16.8. The Morgan fingerprint density at radius 1 is 1.21 bits per heavy atom. The molecule has 1 aromatic heterocycles. The molecule has 0 spiro atoms. The number of guanidine groups is 1. The number of aromatic nitrogens is 1. The molecule has 1 fully saturated rings. The van der Waals surface area contributed by atoms with Crippen LogP contribution in [-0.4, -0.2) is 37.7 Å². The fourth-order valence-electron chi connectivity index (χ4n) is 3.47. The molecule has 2 heterocycles. The summed E-state index contributed by atoms with van der Waals surface area (Å²) in [5.74, 6) is 2.15. The average Bonchev–Trinajstić information content (AvgIpc) is 3.00. The van der Waals surface area contributed by atoms with Crippen LogP contribution >= 0.6 is 23.2 Å². The van der Waals surface area contributed by atoms with Gasteiger partial charge in [-0.15, -0.1) is 0 Å². The summed E-state index contributed by atoms with van der Waals surface area (Å²) in [5.41, 5.74) is 1.84. The van der Waals surface area contributed by atoms with E-state index in [9.17, 15) is 0 Å². The Kier molecular flexibility index (Phi) is 6.86. The number of hydrogen-bond donors (Lipinski definition) is 2. The van der Waals surface area contributed by atoms with Gasteiger partial charge in [0.1, 0.15) is 5.76 Å². The van der Waals surface area contributed by atoms with E-state index < -0.39 is 0 Å². The summed E-state index contributed by atoms with van der Waals surface area (Å²) >= 11 is 12.6. The minimum absolute atomic E-state index is 0.145. The van der Waals surface area contributed by atoms with Crippen LogP contribution in [-0.2, 0) is 16.7 Å². The van der Waals surface area contributed by atoms with Crippen LogP contribution in [0.1, 0.15) is 35.7 Å². The molecule has 2 aromatic rings. The first-order valence-electron chi connectivity index (χ1n) is 9.34. The van der Waals surface area contributed by atoms with Crippen LogP contribution in [0.4, 0.5) is 0 Å². The van der Waals surface area contributed by atoms with Gasteiger partial charge in [0.05, 0.1) is 12.2 Å². The quantitative estimate of drug-likeness (QED) is 0.560. The van der Waals surface area contributed by atoms with Gasteiger partial charge in [0, 0.05) is 42.3 Å². The Morgan fingerprint density at radius 2 is 1.96 bits per heavy atom. The summed E-state index contributed by atoms with van der Waals surface area (Å²) in [7, 11) is 1.74. The largest absolute Gasteiger partial charge is 0.444 e. The van der Waals surface area contributed by atoms with Gasteiger partial charge in [-0.05, 0) is 44.4 Å². The summed E-state index contributed by atoms with van der Waals surface area (Å²) in [6.07, 6.45) is 1.74. The SMILES string of the molecule is CN=C(NCc1nc(C)c(C)o1)NCC1(c2ccc(Cl)cc2Cl)CCOCC1. The number of aliphatic imine (C=N–C) groups is 1. The molecule has 152 valence electrons. The molecule has 0 amide bonds. The maximum Gasteiger partial charge on any atom is 0.214 e. The van der Waals surface area contributed by atoms with Gasteiger partial charge in [-0.2, -0.15) is 0 Å². The van der Waals surface area contributed by atoms with Crippen molar-refractivity contribution in [2.75, 3.05) is 26.8 Å². The van der Waals surface area contributed by atoms with E-state index in [0.717, 1.165) is 29.9 Å². The molecule has 2 N–H and O–H groups in total. The molecule has 28 heavy (non-hydrogen) atoms. The number of nitrogens with zero attached hydrogens (tertiary/aromatic N) is 2. The summed E-state index contributed by atoms with van der Waals surface area (Å²) in [5, 5.41) is 8.01. The Bertz CT molecular complexity index is 825. The van der Waals surface area contributed by atoms with E-state index in [1.54, 1.807) is 13.1 Å². The Balaban J connectivity index is 1.70. The third kappa shape index (κ3) is 4.80. The lowest BCUT2D eigenvalue weighted by Gasteiger charge is -2.38. The van der Waals surface area contributed by atoms with Crippen LogP contribution in [0.3, 0.4) is 0 Å². The number of rotatable bonds is 5. The highest BCUT2D eigenvalue weighted by Gasteiger charge is 2.36. The highest BCUT2D eigenvalue weighted by molar-refractivity contribution is 6.35. The van der Waals surface area contributed by atoms with Crippen LogP contribution < -0.4 is 10.6 Å². The maximum absolute atomic E-state index is 6.54. The zero-order valence-electron chi connectivity index (χ0n) is 16.4. The lowest BCUT2D eigenvalue weighted by atomic mass is 9.74. The standard InChI is InChI=1S/C20H26Cl2N4O2/c1-13-14(2)28-18(26-13)11-24-19(23-3)25-12-20(6-8-27-9-7-20)16-5-4-15(21)10-17(16)22/h4-5,10H,6-9,11-12H2,1-3H3,(H2,23,24,25). The zero-order chi connectivity index (χ0) is 20.1. The smallest absolute Gasteiger partial charge is 0.214 e. The van der Waals surface area contributed by atoms with Gasteiger partial charge in [-0.1, -0.05) is 29.3 Å². The van der Waals surface area contributed by atoms with Gasteiger partial charge in [-0.3, -0.25) is 4.99 Å². The first kappa shape index (κ1) is 21.0. The molecule has 0 unspecified atom stereocenters. The lowest BCUT2D eigenvalue weighted by molar-refractivity contribution is 0.0514. The topological polar surface area (TPSA) is 71.7 Å². The second-order valence-corrected chi connectivity index (χ2v) is 7.89. The second kappa shape index (κ2) is 9.16. The molecule has 8 heteroatoms. The fourth-order valence-corrected chi connectivity index (χ4v) is 4.08. The van der Waals surface area contributed by atoms with Gasteiger partial charge in [0.25, 0.3) is 0 Å². The first-order chi connectivity index (χ1) is 13.4. The van der Waals surface area contributed by atoms with Gasteiger partial charge in [-0.25, -0.2) is 4.98 Å². The van der Waals surface area contributed by atoms with Crippen molar-refractivity contribution in [3.8, 4) is 0 Å². The van der Waals surface area contributed by atoms with Gasteiger partial charge >= 0.3 is 0 Å². The van der Waals surface area contributed by atoms with E-state index in [1.165, 1.54) is 0 Å². The van der Waals surface area contributed by atoms with Crippen molar-refractivity contribution in [1.29, 1.82) is 0 Å². The van der Waals surface area contributed by atoms with Gasteiger partial charge in [0.2, 0.25) is 5.89 Å². The molecule has 3 rings (SSSR count). The monoisotopic (exact) mass is 424 g/mol. The molecule has 0 aliphatic carbocycles. The number of benzene rings is 1. The molecule has 1 aromatic carbocycles. The average molecular weight is 425 g/mol. The van der Waals surface area contributed by atoms with E-state index >= 15 is 0 Å². The van der Waals surface area contributed by atoms with E-state index in [4.69, 9.17) is 32.4 Å². The van der Waals surface area contributed by atoms with Crippen LogP contribution in [0, 0.1) is 13.8 Å². The van der Waals surface area contributed by atoms with Crippen molar-refractivity contribution in [1.82, 2.24) is 15.6 Å². The molecule has 1 aliphatic heterocycles. The van der Waals surface area contributed by atoms with E-state index in [0.29, 0.717) is 48.2 Å². The molecule has 1 aliphatic rings. The molecule has 0 atom stereocenters. The maximum atomic E-state index is 6.54. The van der Waals surface area contributed by atoms with Crippen LogP contribution in [0.2, 0.25) is 10.0 Å². The summed E-state index contributed by atoms with van der Waals surface area (Å²) in [6.45, 7) is 6.38. The number of halogens is 2. The number of nitrogens with one attached hydrogen (secondary N) is 2. The molecule has 1 saturated heterocycles. The number of hydrogen-bond acceptors (Lipinski definition) is 4. The van der Waals surface area contributed by atoms with Gasteiger partial charge < -0.3 is 19.8 Å². The molecular formula is C20H26Cl2N4O2. The molecule has 0 bridgehead atoms. The Labute approximate surface area is 175 Å². The minimum atomic E-state index is -0.145. The predicted molar refractivity (Wildman–Crippen MR) is 112 cm³/mol. The van der Waals surface area contributed by atoms with Crippen LogP contribution in [0.5, 0.6) is 0 Å². The molecule has 0 radical (unpaired) electrons. The highest BCUT2D eigenvalue weighted by Crippen LogP contribution is 2.39. The van der Waals surface area contributed by atoms with Crippen molar-refractivity contribution in [2.24, 2.45) is 4.99 Å². The van der Waals surface area contributed by atoms with Crippen LogP contribution in [0.25, 0.3) is 0 Å². The summed E-state index contributed by atoms with van der Waals surface area (Å²) in [6, 6.07) is 5.71. The third-order valence-electron chi connectivity index (χ3n) is 5.25. The second-order valence-electron chi connectivity index (χ2n) is 7.05. The number of aryl methyl sites for hydroxylation is 2. The Morgan fingerprint density at radius 3 is 2.57 bits per heavy atom. The van der Waals surface area contributed by atoms with Crippen molar-refractivity contribution in [2.45, 2.75) is 38.6 Å². The zero-order valence-corrected chi connectivity index (χ0v) is 18.0.